The fourth-order valence-corrected chi connectivity index (χ4v) is 3.46. The lowest BCUT2D eigenvalue weighted by Gasteiger charge is -2.32. The van der Waals surface area contributed by atoms with Gasteiger partial charge in [-0.15, -0.1) is 6.58 Å². The molecule has 0 aliphatic carbocycles. The fourth-order valence-electron chi connectivity index (χ4n) is 3.46. The van der Waals surface area contributed by atoms with Gasteiger partial charge in [-0.25, -0.2) is 4.79 Å². The average molecular weight is 351 g/mol. The van der Waals surface area contributed by atoms with E-state index in [1.165, 1.54) is 0 Å². The van der Waals surface area contributed by atoms with E-state index in [-0.39, 0.29) is 24.8 Å². The number of amides is 1. The Morgan fingerprint density at radius 2 is 1.77 bits per heavy atom. The van der Waals surface area contributed by atoms with E-state index in [1.807, 2.05) is 80.6 Å². The topological polar surface area (TPSA) is 38.8 Å². The number of rotatable bonds is 5. The van der Waals surface area contributed by atoms with Crippen LogP contribution in [-0.2, 0) is 16.1 Å². The van der Waals surface area contributed by atoms with E-state index in [4.69, 9.17) is 9.47 Å². The molecule has 2 atom stereocenters. The van der Waals surface area contributed by atoms with Crippen LogP contribution in [0.15, 0.2) is 73.3 Å². The molecule has 0 saturated carbocycles. The number of carbonyl (C=O) groups excluding carboxylic acids is 1. The predicted octanol–water partition coefficient (Wildman–Crippen LogP) is 5.08. The minimum Gasteiger partial charge on any atom is -0.444 e. The first-order valence-electron chi connectivity index (χ1n) is 8.86. The van der Waals surface area contributed by atoms with E-state index < -0.39 is 5.72 Å². The summed E-state index contributed by atoms with van der Waals surface area (Å²) in [6.07, 6.45) is 1.87. The third-order valence-corrected chi connectivity index (χ3v) is 4.61. The summed E-state index contributed by atoms with van der Waals surface area (Å²) in [7, 11) is 0. The van der Waals surface area contributed by atoms with Crippen molar-refractivity contribution in [3.8, 4) is 0 Å². The highest BCUT2D eigenvalue weighted by Gasteiger charge is 2.50. The Labute approximate surface area is 155 Å². The van der Waals surface area contributed by atoms with Crippen LogP contribution in [0.5, 0.6) is 0 Å². The molecule has 0 N–H and O–H groups in total. The molecule has 0 bridgehead atoms. The van der Waals surface area contributed by atoms with Gasteiger partial charge in [0.2, 0.25) is 0 Å². The van der Waals surface area contributed by atoms with Gasteiger partial charge in [-0.05, 0) is 31.4 Å². The summed E-state index contributed by atoms with van der Waals surface area (Å²) in [6.45, 7) is 7.89. The van der Waals surface area contributed by atoms with Crippen LogP contribution in [0.4, 0.5) is 4.79 Å². The summed E-state index contributed by atoms with van der Waals surface area (Å²) in [5.41, 5.74) is 1.24. The van der Waals surface area contributed by atoms with Crippen molar-refractivity contribution in [2.45, 2.75) is 44.7 Å². The molecule has 1 fully saturated rings. The maximum absolute atomic E-state index is 12.9. The second kappa shape index (κ2) is 7.75. The smallest absolute Gasteiger partial charge is 0.412 e. The standard InChI is InChI=1S/C22H25NO3/c1-4-11-19-20(18-14-9-6-10-15-18)26-22(2,3)23(19)21(24)25-16-17-12-7-5-8-13-17/h4-10,12-15,19-20H,1,11,16H2,2-3H3/t19-,20-/m1/s1. The van der Waals surface area contributed by atoms with Crippen molar-refractivity contribution >= 4 is 6.09 Å². The molecule has 1 aliphatic rings. The summed E-state index contributed by atoms with van der Waals surface area (Å²) in [5, 5.41) is 0. The number of carbonyl (C=O) groups is 1. The van der Waals surface area contributed by atoms with E-state index in [1.54, 1.807) is 4.90 Å². The zero-order chi connectivity index (χ0) is 18.6. The monoisotopic (exact) mass is 351 g/mol. The lowest BCUT2D eigenvalue weighted by Crippen LogP contribution is -2.48. The van der Waals surface area contributed by atoms with Crippen molar-refractivity contribution in [3.63, 3.8) is 0 Å². The third kappa shape index (κ3) is 3.81. The molecule has 2 aromatic rings. The van der Waals surface area contributed by atoms with Crippen LogP contribution in [0.25, 0.3) is 0 Å². The lowest BCUT2D eigenvalue weighted by molar-refractivity contribution is -0.0717. The quantitative estimate of drug-likeness (QED) is 0.705. The molecule has 0 spiro atoms. The second-order valence-corrected chi connectivity index (χ2v) is 6.90. The van der Waals surface area contributed by atoms with Gasteiger partial charge in [0.05, 0.1) is 6.04 Å². The van der Waals surface area contributed by atoms with Crippen molar-refractivity contribution in [2.24, 2.45) is 0 Å². The van der Waals surface area contributed by atoms with Gasteiger partial charge < -0.3 is 9.47 Å². The van der Waals surface area contributed by atoms with E-state index in [9.17, 15) is 4.79 Å². The SMILES string of the molecule is C=CC[C@@H]1[C@@H](c2ccccc2)OC(C)(C)N1C(=O)OCc1ccccc1. The highest BCUT2D eigenvalue weighted by Crippen LogP contribution is 2.42. The van der Waals surface area contributed by atoms with Gasteiger partial charge in [0.25, 0.3) is 0 Å². The fraction of sp³-hybridized carbons (Fsp3) is 0.318. The summed E-state index contributed by atoms with van der Waals surface area (Å²) in [5.74, 6) is 0. The molecule has 0 unspecified atom stereocenters. The molecule has 4 heteroatoms. The first-order valence-corrected chi connectivity index (χ1v) is 8.86. The van der Waals surface area contributed by atoms with E-state index >= 15 is 0 Å². The Bertz CT molecular complexity index is 742. The Hall–Kier alpha value is -2.59. The first kappa shape index (κ1) is 18.2. The first-order chi connectivity index (χ1) is 12.5. The van der Waals surface area contributed by atoms with E-state index in [2.05, 4.69) is 6.58 Å². The second-order valence-electron chi connectivity index (χ2n) is 6.90. The largest absolute Gasteiger partial charge is 0.444 e. The molecular weight excluding hydrogens is 326 g/mol. The average Bonchev–Trinajstić information content (AvgIpc) is 2.92. The summed E-state index contributed by atoms with van der Waals surface area (Å²) >= 11 is 0. The van der Waals surface area contributed by atoms with Gasteiger partial charge in [-0.3, -0.25) is 4.90 Å². The van der Waals surface area contributed by atoms with Gasteiger partial charge in [0.15, 0.2) is 0 Å². The molecule has 1 amide bonds. The zero-order valence-corrected chi connectivity index (χ0v) is 15.3. The Morgan fingerprint density at radius 1 is 1.15 bits per heavy atom. The van der Waals surface area contributed by atoms with Crippen LogP contribution in [0, 0.1) is 0 Å². The van der Waals surface area contributed by atoms with E-state index in [0.29, 0.717) is 6.42 Å². The van der Waals surface area contributed by atoms with Crippen molar-refractivity contribution in [2.75, 3.05) is 0 Å². The molecule has 1 aliphatic heterocycles. The van der Waals surface area contributed by atoms with Crippen molar-refractivity contribution < 1.29 is 14.3 Å². The maximum atomic E-state index is 12.9. The highest BCUT2D eigenvalue weighted by molar-refractivity contribution is 5.69. The molecule has 0 aromatic heterocycles. The van der Waals surface area contributed by atoms with Gasteiger partial charge >= 0.3 is 6.09 Å². The summed E-state index contributed by atoms with van der Waals surface area (Å²) in [6, 6.07) is 19.5. The number of hydrogen-bond acceptors (Lipinski definition) is 3. The Balaban J connectivity index is 1.81. The van der Waals surface area contributed by atoms with Crippen molar-refractivity contribution in [1.82, 2.24) is 4.90 Å². The molecule has 3 rings (SSSR count). The van der Waals surface area contributed by atoms with Crippen LogP contribution in [0.3, 0.4) is 0 Å². The van der Waals surface area contributed by atoms with Crippen molar-refractivity contribution in [3.05, 3.63) is 84.4 Å². The van der Waals surface area contributed by atoms with Gasteiger partial charge in [0, 0.05) is 0 Å². The van der Waals surface area contributed by atoms with Gasteiger partial charge in [0.1, 0.15) is 18.4 Å². The van der Waals surface area contributed by atoms with Crippen LogP contribution in [0.2, 0.25) is 0 Å². The highest BCUT2D eigenvalue weighted by atomic mass is 16.6. The van der Waals surface area contributed by atoms with Gasteiger partial charge in [-0.2, -0.15) is 0 Å². The summed E-state index contributed by atoms with van der Waals surface area (Å²) < 4.78 is 11.8. The van der Waals surface area contributed by atoms with Crippen LogP contribution < -0.4 is 0 Å². The third-order valence-electron chi connectivity index (χ3n) is 4.61. The lowest BCUT2D eigenvalue weighted by atomic mass is 9.99. The molecule has 2 aromatic carbocycles. The minimum atomic E-state index is -0.762. The predicted molar refractivity (Wildman–Crippen MR) is 101 cm³/mol. The number of hydrogen-bond donors (Lipinski definition) is 0. The number of nitrogens with zero attached hydrogens (tertiary/aromatic N) is 1. The van der Waals surface area contributed by atoms with Crippen LogP contribution in [0.1, 0.15) is 37.5 Å². The maximum Gasteiger partial charge on any atom is 0.412 e. The van der Waals surface area contributed by atoms with Crippen LogP contribution in [-0.4, -0.2) is 22.8 Å². The zero-order valence-electron chi connectivity index (χ0n) is 15.3. The molecular formula is C22H25NO3. The molecule has 0 radical (unpaired) electrons. The summed E-state index contributed by atoms with van der Waals surface area (Å²) in [4.78, 5) is 14.6. The Kier molecular flexibility index (Phi) is 5.43. The normalized spacial score (nSPS) is 21.4. The van der Waals surface area contributed by atoms with Crippen molar-refractivity contribution in [1.29, 1.82) is 0 Å². The molecule has 1 heterocycles. The molecule has 1 saturated heterocycles. The minimum absolute atomic E-state index is 0.159. The van der Waals surface area contributed by atoms with Gasteiger partial charge in [-0.1, -0.05) is 66.7 Å². The number of ether oxygens (including phenoxy) is 2. The molecule has 26 heavy (non-hydrogen) atoms. The number of benzene rings is 2. The van der Waals surface area contributed by atoms with Crippen LogP contribution >= 0.6 is 0 Å². The van der Waals surface area contributed by atoms with E-state index in [0.717, 1.165) is 11.1 Å². The molecule has 4 nitrogen and oxygen atoms in total. The Morgan fingerprint density at radius 3 is 2.38 bits per heavy atom. The molecule has 136 valence electrons.